The second-order valence-electron chi connectivity index (χ2n) is 4.44. The van der Waals surface area contributed by atoms with Crippen LogP contribution in [0.2, 0.25) is 0 Å². The fraction of sp³-hybridized carbons (Fsp3) is 0.500. The van der Waals surface area contributed by atoms with Gasteiger partial charge in [-0.2, -0.15) is 0 Å². The molecular formula is C14H22N2O2. The molecule has 4 heteroatoms. The molecule has 0 aliphatic rings. The second kappa shape index (κ2) is 7.01. The van der Waals surface area contributed by atoms with Gasteiger partial charge in [0.05, 0.1) is 12.6 Å². The zero-order valence-electron chi connectivity index (χ0n) is 11.3. The van der Waals surface area contributed by atoms with E-state index >= 15 is 0 Å². The van der Waals surface area contributed by atoms with Crippen molar-refractivity contribution in [3.8, 4) is 5.75 Å². The van der Waals surface area contributed by atoms with Crippen molar-refractivity contribution in [2.45, 2.75) is 26.3 Å². The predicted molar refractivity (Wildman–Crippen MR) is 72.6 cm³/mol. The maximum Gasteiger partial charge on any atom is 0.239 e. The minimum Gasteiger partial charge on any atom is -0.492 e. The van der Waals surface area contributed by atoms with Gasteiger partial charge in [0.1, 0.15) is 12.4 Å². The summed E-state index contributed by atoms with van der Waals surface area (Å²) in [5.41, 5.74) is 6.85. The Balaban J connectivity index is 2.35. The van der Waals surface area contributed by atoms with Gasteiger partial charge in [0, 0.05) is 7.05 Å². The number of amides is 1. The van der Waals surface area contributed by atoms with Gasteiger partial charge in [-0.15, -0.1) is 0 Å². The number of hydrogen-bond donors (Lipinski definition) is 1. The molecule has 1 amide bonds. The van der Waals surface area contributed by atoms with Crippen molar-refractivity contribution >= 4 is 5.91 Å². The van der Waals surface area contributed by atoms with Crippen LogP contribution >= 0.6 is 0 Å². The minimum absolute atomic E-state index is 0.0367. The standard InChI is InChI=1S/C14H22N2O2/c1-4-13(15)14(17)16(3)8-9-18-12-7-5-6-11(2)10-12/h5-7,10,13H,4,8-9,15H2,1-3H3/t13-/m1/s1. The highest BCUT2D eigenvalue weighted by Gasteiger charge is 2.15. The first-order valence-corrected chi connectivity index (χ1v) is 6.24. The number of carbonyl (C=O) groups is 1. The van der Waals surface area contributed by atoms with E-state index in [-0.39, 0.29) is 5.91 Å². The molecule has 0 aliphatic carbocycles. The Morgan fingerprint density at radius 3 is 2.83 bits per heavy atom. The number of carbonyl (C=O) groups excluding carboxylic acids is 1. The van der Waals surface area contributed by atoms with Gasteiger partial charge in [0.25, 0.3) is 0 Å². The average molecular weight is 250 g/mol. The number of benzene rings is 1. The van der Waals surface area contributed by atoms with E-state index in [2.05, 4.69) is 0 Å². The Kier molecular flexibility index (Phi) is 5.65. The summed E-state index contributed by atoms with van der Waals surface area (Å²) < 4.78 is 5.59. The average Bonchev–Trinajstić information content (AvgIpc) is 2.36. The second-order valence-corrected chi connectivity index (χ2v) is 4.44. The van der Waals surface area contributed by atoms with Crippen molar-refractivity contribution in [1.82, 2.24) is 4.90 Å². The van der Waals surface area contributed by atoms with Gasteiger partial charge in [-0.05, 0) is 31.0 Å². The van der Waals surface area contributed by atoms with E-state index in [1.54, 1.807) is 11.9 Å². The Morgan fingerprint density at radius 2 is 2.22 bits per heavy atom. The number of nitrogens with two attached hydrogens (primary N) is 1. The lowest BCUT2D eigenvalue weighted by Gasteiger charge is -2.20. The molecule has 0 fully saturated rings. The van der Waals surface area contributed by atoms with Crippen LogP contribution in [0.1, 0.15) is 18.9 Å². The van der Waals surface area contributed by atoms with Crippen LogP contribution in [0.15, 0.2) is 24.3 Å². The van der Waals surface area contributed by atoms with E-state index in [4.69, 9.17) is 10.5 Å². The number of ether oxygens (including phenoxy) is 1. The predicted octanol–water partition coefficient (Wildman–Crippen LogP) is 1.57. The van der Waals surface area contributed by atoms with Crippen LogP contribution in [0, 0.1) is 6.92 Å². The van der Waals surface area contributed by atoms with E-state index in [1.807, 2.05) is 38.1 Å². The van der Waals surface area contributed by atoms with E-state index in [9.17, 15) is 4.79 Å². The van der Waals surface area contributed by atoms with Gasteiger partial charge in [-0.3, -0.25) is 4.79 Å². The first kappa shape index (κ1) is 14.5. The molecule has 18 heavy (non-hydrogen) atoms. The third kappa shape index (κ3) is 4.37. The quantitative estimate of drug-likeness (QED) is 0.833. The molecule has 1 aromatic rings. The summed E-state index contributed by atoms with van der Waals surface area (Å²) in [4.78, 5) is 13.3. The van der Waals surface area contributed by atoms with E-state index < -0.39 is 6.04 Å². The van der Waals surface area contributed by atoms with Crippen LogP contribution in [0.25, 0.3) is 0 Å². The number of rotatable bonds is 6. The molecule has 0 aromatic heterocycles. The van der Waals surface area contributed by atoms with Crippen LogP contribution in [0.5, 0.6) is 5.75 Å². The molecule has 0 aliphatic heterocycles. The lowest BCUT2D eigenvalue weighted by molar-refractivity contribution is -0.131. The maximum atomic E-state index is 11.7. The Hall–Kier alpha value is -1.55. The SMILES string of the molecule is CC[C@@H](N)C(=O)N(C)CCOc1cccc(C)c1. The number of aryl methyl sites for hydroxylation is 1. The fourth-order valence-corrected chi connectivity index (χ4v) is 1.57. The topological polar surface area (TPSA) is 55.6 Å². The molecule has 100 valence electrons. The zero-order valence-corrected chi connectivity index (χ0v) is 11.3. The monoisotopic (exact) mass is 250 g/mol. The summed E-state index contributed by atoms with van der Waals surface area (Å²) in [7, 11) is 1.75. The van der Waals surface area contributed by atoms with Crippen LogP contribution in [0.4, 0.5) is 0 Å². The first-order valence-electron chi connectivity index (χ1n) is 6.24. The maximum absolute atomic E-state index is 11.7. The van der Waals surface area contributed by atoms with Crippen LogP contribution < -0.4 is 10.5 Å². The van der Waals surface area contributed by atoms with Crippen molar-refractivity contribution < 1.29 is 9.53 Å². The van der Waals surface area contributed by atoms with Gasteiger partial charge in [0.2, 0.25) is 5.91 Å². The van der Waals surface area contributed by atoms with Gasteiger partial charge in [-0.25, -0.2) is 0 Å². The normalized spacial score (nSPS) is 12.0. The van der Waals surface area contributed by atoms with E-state index in [0.29, 0.717) is 19.6 Å². The van der Waals surface area contributed by atoms with Gasteiger partial charge in [0.15, 0.2) is 0 Å². The molecule has 1 rings (SSSR count). The molecule has 0 bridgehead atoms. The highest BCUT2D eigenvalue weighted by molar-refractivity contribution is 5.81. The smallest absolute Gasteiger partial charge is 0.239 e. The minimum atomic E-state index is -0.408. The summed E-state index contributed by atoms with van der Waals surface area (Å²) in [6, 6.07) is 7.44. The molecule has 0 spiro atoms. The van der Waals surface area contributed by atoms with Gasteiger partial charge >= 0.3 is 0 Å². The number of hydrogen-bond acceptors (Lipinski definition) is 3. The molecule has 0 radical (unpaired) electrons. The summed E-state index contributed by atoms with van der Waals surface area (Å²) in [6.07, 6.45) is 0.655. The Labute approximate surface area is 109 Å². The van der Waals surface area contributed by atoms with E-state index in [1.165, 1.54) is 0 Å². The van der Waals surface area contributed by atoms with Crippen molar-refractivity contribution in [2.75, 3.05) is 20.2 Å². The number of nitrogens with zero attached hydrogens (tertiary/aromatic N) is 1. The summed E-state index contributed by atoms with van der Waals surface area (Å²) in [5, 5.41) is 0. The molecule has 1 aromatic carbocycles. The summed E-state index contributed by atoms with van der Waals surface area (Å²) in [5.74, 6) is 0.793. The number of likely N-dealkylation sites (N-methyl/N-ethyl adjacent to an activating group) is 1. The van der Waals surface area contributed by atoms with Crippen molar-refractivity contribution in [3.63, 3.8) is 0 Å². The largest absolute Gasteiger partial charge is 0.492 e. The molecule has 4 nitrogen and oxygen atoms in total. The van der Waals surface area contributed by atoms with Crippen molar-refractivity contribution in [2.24, 2.45) is 5.73 Å². The molecule has 1 atom stereocenters. The molecule has 0 saturated heterocycles. The first-order chi connectivity index (χ1) is 8.54. The Morgan fingerprint density at radius 1 is 1.50 bits per heavy atom. The highest BCUT2D eigenvalue weighted by atomic mass is 16.5. The molecular weight excluding hydrogens is 228 g/mol. The third-order valence-electron chi connectivity index (χ3n) is 2.82. The molecule has 0 saturated carbocycles. The van der Waals surface area contributed by atoms with Gasteiger partial charge in [-0.1, -0.05) is 19.1 Å². The molecule has 0 heterocycles. The highest BCUT2D eigenvalue weighted by Crippen LogP contribution is 2.12. The summed E-state index contributed by atoms with van der Waals surface area (Å²) in [6.45, 7) is 4.94. The lowest BCUT2D eigenvalue weighted by atomic mass is 10.2. The van der Waals surface area contributed by atoms with Crippen LogP contribution in [-0.4, -0.2) is 37.0 Å². The molecule has 0 unspecified atom stereocenters. The van der Waals surface area contributed by atoms with Crippen LogP contribution in [0.3, 0.4) is 0 Å². The van der Waals surface area contributed by atoms with Crippen molar-refractivity contribution in [3.05, 3.63) is 29.8 Å². The van der Waals surface area contributed by atoms with Gasteiger partial charge < -0.3 is 15.4 Å². The van der Waals surface area contributed by atoms with Crippen LogP contribution in [-0.2, 0) is 4.79 Å². The Bertz CT molecular complexity index is 393. The fourth-order valence-electron chi connectivity index (χ4n) is 1.57. The lowest BCUT2D eigenvalue weighted by Crippen LogP contribution is -2.42. The third-order valence-corrected chi connectivity index (χ3v) is 2.82. The summed E-state index contributed by atoms with van der Waals surface area (Å²) >= 11 is 0. The van der Waals surface area contributed by atoms with Crippen molar-refractivity contribution in [1.29, 1.82) is 0 Å². The van der Waals surface area contributed by atoms with E-state index in [0.717, 1.165) is 11.3 Å². The zero-order chi connectivity index (χ0) is 13.5. The molecule has 2 N–H and O–H groups in total.